The molecule has 134 valence electrons. The summed E-state index contributed by atoms with van der Waals surface area (Å²) in [6, 6.07) is 15.9. The van der Waals surface area contributed by atoms with Crippen molar-refractivity contribution in [3.8, 4) is 5.95 Å². The summed E-state index contributed by atoms with van der Waals surface area (Å²) < 4.78 is 1.21. The normalized spacial score (nSPS) is 13.7. The molecule has 5 rings (SSSR count). The minimum atomic E-state index is -0.382. The van der Waals surface area contributed by atoms with Crippen LogP contribution >= 0.6 is 11.6 Å². The molecule has 0 radical (unpaired) electrons. The van der Waals surface area contributed by atoms with Crippen LogP contribution in [-0.2, 0) is 13.0 Å². The average Bonchev–Trinajstić information content (AvgIpc) is 3.13. The first-order valence-corrected chi connectivity index (χ1v) is 9.13. The molecule has 7 heteroatoms. The van der Waals surface area contributed by atoms with E-state index < -0.39 is 0 Å². The summed E-state index contributed by atoms with van der Waals surface area (Å²) >= 11 is 6.45. The minimum Gasteiger partial charge on any atom is -0.364 e. The fourth-order valence-electron chi connectivity index (χ4n) is 3.54. The van der Waals surface area contributed by atoms with Crippen LogP contribution in [0, 0.1) is 0 Å². The van der Waals surface area contributed by atoms with E-state index in [4.69, 9.17) is 11.6 Å². The zero-order valence-corrected chi connectivity index (χ0v) is 15.1. The van der Waals surface area contributed by atoms with Crippen molar-refractivity contribution in [2.75, 3.05) is 11.4 Å². The predicted molar refractivity (Wildman–Crippen MR) is 106 cm³/mol. The van der Waals surface area contributed by atoms with E-state index in [0.717, 1.165) is 24.0 Å². The van der Waals surface area contributed by atoms with E-state index in [2.05, 4.69) is 38.2 Å². The van der Waals surface area contributed by atoms with Gasteiger partial charge in [0.1, 0.15) is 5.02 Å². The van der Waals surface area contributed by atoms with Crippen LogP contribution in [-0.4, -0.2) is 26.3 Å². The fourth-order valence-corrected chi connectivity index (χ4v) is 3.78. The average molecular weight is 378 g/mol. The van der Waals surface area contributed by atoms with Crippen molar-refractivity contribution in [2.45, 2.75) is 13.0 Å². The number of anilines is 1. The van der Waals surface area contributed by atoms with E-state index >= 15 is 0 Å². The van der Waals surface area contributed by atoms with Crippen LogP contribution < -0.4 is 10.5 Å². The van der Waals surface area contributed by atoms with Gasteiger partial charge in [-0.1, -0.05) is 48.0 Å². The lowest BCUT2D eigenvalue weighted by molar-refractivity contribution is 0.712. The van der Waals surface area contributed by atoms with Gasteiger partial charge < -0.3 is 9.88 Å². The van der Waals surface area contributed by atoms with Gasteiger partial charge in [-0.25, -0.2) is 4.98 Å². The molecule has 2 aromatic heterocycles. The van der Waals surface area contributed by atoms with Crippen LogP contribution in [0.5, 0.6) is 0 Å². The van der Waals surface area contributed by atoms with Gasteiger partial charge in [0, 0.05) is 13.1 Å². The largest absolute Gasteiger partial charge is 0.364 e. The number of nitrogens with zero attached hydrogens (tertiary/aromatic N) is 4. The molecule has 27 heavy (non-hydrogen) atoms. The molecule has 0 amide bonds. The molecular weight excluding hydrogens is 362 g/mol. The van der Waals surface area contributed by atoms with Crippen LogP contribution in [0.25, 0.3) is 17.0 Å². The number of halogens is 1. The summed E-state index contributed by atoms with van der Waals surface area (Å²) in [7, 11) is 0. The first kappa shape index (κ1) is 16.1. The zero-order valence-electron chi connectivity index (χ0n) is 14.4. The topological polar surface area (TPSA) is 66.8 Å². The number of aromatic amines is 1. The van der Waals surface area contributed by atoms with Crippen LogP contribution in [0.2, 0.25) is 5.02 Å². The fraction of sp³-hybridized carbons (Fsp3) is 0.150. The molecule has 0 fully saturated rings. The third kappa shape index (κ3) is 2.69. The first-order valence-electron chi connectivity index (χ1n) is 8.75. The second kappa shape index (κ2) is 6.25. The van der Waals surface area contributed by atoms with Crippen molar-refractivity contribution >= 4 is 28.3 Å². The lowest BCUT2D eigenvalue weighted by Crippen LogP contribution is -2.33. The molecule has 3 heterocycles. The Kier molecular flexibility index (Phi) is 3.72. The molecule has 4 aromatic rings. The van der Waals surface area contributed by atoms with Crippen LogP contribution in [0.15, 0.2) is 59.5 Å². The van der Waals surface area contributed by atoms with Crippen LogP contribution in [0.1, 0.15) is 11.1 Å². The van der Waals surface area contributed by atoms with Gasteiger partial charge in [0.05, 0.1) is 22.9 Å². The van der Waals surface area contributed by atoms with Gasteiger partial charge in [0.2, 0.25) is 5.95 Å². The number of nitrogens with one attached hydrogen (secondary N) is 1. The number of fused-ring (bicyclic) bond motifs is 2. The number of H-pyrrole nitrogens is 1. The number of hydrogen-bond donors (Lipinski definition) is 1. The first-order chi connectivity index (χ1) is 13.2. The Hall–Kier alpha value is -3.12. The van der Waals surface area contributed by atoms with Gasteiger partial charge >= 0.3 is 0 Å². The SMILES string of the molecule is O=c1c(Cl)c(N2CCc3ccccc3C2)cnn1-c1nc2ccccc2[nH]1. The lowest BCUT2D eigenvalue weighted by Gasteiger charge is -2.30. The summed E-state index contributed by atoms with van der Waals surface area (Å²) in [4.78, 5) is 22.5. The predicted octanol–water partition coefficient (Wildman–Crippen LogP) is 3.32. The lowest BCUT2D eigenvalue weighted by atomic mass is 10.00. The molecular formula is C20H16ClN5O. The van der Waals surface area contributed by atoms with E-state index in [0.29, 0.717) is 18.2 Å². The van der Waals surface area contributed by atoms with Crippen LogP contribution in [0.4, 0.5) is 5.69 Å². The molecule has 0 unspecified atom stereocenters. The highest BCUT2D eigenvalue weighted by Gasteiger charge is 2.21. The third-order valence-electron chi connectivity index (χ3n) is 4.95. The quantitative estimate of drug-likeness (QED) is 0.582. The summed E-state index contributed by atoms with van der Waals surface area (Å²) in [5, 5.41) is 4.48. The second-order valence-electron chi connectivity index (χ2n) is 6.58. The van der Waals surface area contributed by atoms with Crippen LogP contribution in [0.3, 0.4) is 0 Å². The standard InChI is InChI=1S/C20H16ClN5O/c21-18-17(25-10-9-13-5-1-2-6-14(13)12-25)11-22-26(19(18)27)20-23-15-7-3-4-8-16(15)24-20/h1-8,11H,9-10,12H2,(H,23,24). The number of para-hydroxylation sites is 2. The number of rotatable bonds is 2. The molecule has 0 saturated heterocycles. The molecule has 0 spiro atoms. The van der Waals surface area contributed by atoms with Gasteiger partial charge in [0.15, 0.2) is 0 Å². The van der Waals surface area contributed by atoms with Gasteiger partial charge in [-0.15, -0.1) is 0 Å². The van der Waals surface area contributed by atoms with Gasteiger partial charge in [-0.3, -0.25) is 4.79 Å². The van der Waals surface area contributed by atoms with Crippen molar-refractivity contribution in [1.29, 1.82) is 0 Å². The Bertz CT molecular complexity index is 1180. The third-order valence-corrected chi connectivity index (χ3v) is 5.30. The molecule has 0 bridgehead atoms. The molecule has 0 aliphatic carbocycles. The van der Waals surface area contributed by atoms with Gasteiger partial charge in [-0.2, -0.15) is 9.78 Å². The van der Waals surface area contributed by atoms with E-state index in [1.54, 1.807) is 6.20 Å². The highest BCUT2D eigenvalue weighted by molar-refractivity contribution is 6.33. The number of hydrogen-bond acceptors (Lipinski definition) is 4. The molecule has 1 aliphatic heterocycles. The maximum absolute atomic E-state index is 12.8. The molecule has 6 nitrogen and oxygen atoms in total. The van der Waals surface area contributed by atoms with E-state index in [1.807, 2.05) is 30.3 Å². The number of benzene rings is 2. The Morgan fingerprint density at radius 2 is 1.81 bits per heavy atom. The Morgan fingerprint density at radius 1 is 1.04 bits per heavy atom. The van der Waals surface area contributed by atoms with Crippen molar-refractivity contribution in [3.63, 3.8) is 0 Å². The second-order valence-corrected chi connectivity index (χ2v) is 6.96. The molecule has 1 aliphatic rings. The highest BCUT2D eigenvalue weighted by atomic mass is 35.5. The molecule has 2 aromatic carbocycles. The van der Waals surface area contributed by atoms with E-state index in [9.17, 15) is 4.79 Å². The van der Waals surface area contributed by atoms with Gasteiger partial charge in [0.25, 0.3) is 5.56 Å². The molecule has 1 N–H and O–H groups in total. The number of aromatic nitrogens is 4. The molecule has 0 atom stereocenters. The zero-order chi connectivity index (χ0) is 18.4. The van der Waals surface area contributed by atoms with Crippen molar-refractivity contribution in [2.24, 2.45) is 0 Å². The minimum absolute atomic E-state index is 0.157. The van der Waals surface area contributed by atoms with Gasteiger partial charge in [-0.05, 0) is 29.7 Å². The number of imidazole rings is 1. The Morgan fingerprint density at radius 3 is 2.67 bits per heavy atom. The van der Waals surface area contributed by atoms with Crippen molar-refractivity contribution < 1.29 is 0 Å². The Labute approximate surface area is 160 Å². The maximum Gasteiger partial charge on any atom is 0.295 e. The van der Waals surface area contributed by atoms with Crippen molar-refractivity contribution in [1.82, 2.24) is 19.7 Å². The smallest absolute Gasteiger partial charge is 0.295 e. The summed E-state index contributed by atoms with van der Waals surface area (Å²) in [5.74, 6) is 0.360. The highest BCUT2D eigenvalue weighted by Crippen LogP contribution is 2.28. The maximum atomic E-state index is 12.8. The molecule has 0 saturated carbocycles. The van der Waals surface area contributed by atoms with Crippen molar-refractivity contribution in [3.05, 3.63) is 81.2 Å². The Balaban J connectivity index is 1.53. The monoisotopic (exact) mass is 377 g/mol. The summed E-state index contributed by atoms with van der Waals surface area (Å²) in [6.07, 6.45) is 2.56. The summed E-state index contributed by atoms with van der Waals surface area (Å²) in [5.41, 5.74) is 4.48. The summed E-state index contributed by atoms with van der Waals surface area (Å²) in [6.45, 7) is 1.51. The van der Waals surface area contributed by atoms with E-state index in [1.165, 1.54) is 15.8 Å². The van der Waals surface area contributed by atoms with E-state index in [-0.39, 0.29) is 10.6 Å².